The van der Waals surface area contributed by atoms with Crippen LogP contribution in [-0.4, -0.2) is 42.1 Å². The van der Waals surface area contributed by atoms with E-state index in [0.717, 1.165) is 52.3 Å². The van der Waals surface area contributed by atoms with Gasteiger partial charge < -0.3 is 15.5 Å². The van der Waals surface area contributed by atoms with E-state index in [1.165, 1.54) is 0 Å². The Bertz CT molecular complexity index is 818. The van der Waals surface area contributed by atoms with E-state index >= 15 is 0 Å². The van der Waals surface area contributed by atoms with Crippen molar-refractivity contribution in [1.29, 1.82) is 0 Å². The lowest BCUT2D eigenvalue weighted by molar-refractivity contribution is -0.121. The summed E-state index contributed by atoms with van der Waals surface area (Å²) >= 11 is 2.28. The molecule has 0 bridgehead atoms. The van der Waals surface area contributed by atoms with Crippen molar-refractivity contribution in [2.45, 2.75) is 51.1 Å². The standard InChI is InChI=1S/C21H28IN5O/c1-14-23-19(13-20(24-14)27(2)3)25-16-8-10-17(11-9-16)26-21(28)12-15-6-4-5-7-18(15)22/h4-7,13,16-17H,8-12H2,1-3H3,(H,26,28)(H,23,24,25). The molecule has 1 amide bonds. The van der Waals surface area contributed by atoms with Crippen molar-refractivity contribution in [3.8, 4) is 0 Å². The van der Waals surface area contributed by atoms with Crippen molar-refractivity contribution in [3.63, 3.8) is 0 Å². The van der Waals surface area contributed by atoms with E-state index in [0.29, 0.717) is 12.5 Å². The van der Waals surface area contributed by atoms with Crippen molar-refractivity contribution >= 4 is 40.1 Å². The molecule has 28 heavy (non-hydrogen) atoms. The normalized spacial score (nSPS) is 19.1. The number of anilines is 2. The van der Waals surface area contributed by atoms with Crippen molar-refractivity contribution < 1.29 is 4.79 Å². The van der Waals surface area contributed by atoms with E-state index in [-0.39, 0.29) is 11.9 Å². The van der Waals surface area contributed by atoms with Gasteiger partial charge in [0, 0.05) is 35.8 Å². The van der Waals surface area contributed by atoms with Gasteiger partial charge in [-0.3, -0.25) is 4.79 Å². The number of benzene rings is 1. The Balaban J connectivity index is 1.48. The van der Waals surface area contributed by atoms with Crippen LogP contribution >= 0.6 is 22.6 Å². The van der Waals surface area contributed by atoms with Gasteiger partial charge in [0.25, 0.3) is 0 Å². The monoisotopic (exact) mass is 493 g/mol. The minimum Gasteiger partial charge on any atom is -0.367 e. The Morgan fingerprint density at radius 3 is 2.50 bits per heavy atom. The summed E-state index contributed by atoms with van der Waals surface area (Å²) in [6.45, 7) is 1.92. The molecule has 3 rings (SSSR count). The maximum absolute atomic E-state index is 12.4. The molecule has 150 valence electrons. The minimum atomic E-state index is 0.113. The Labute approximate surface area is 180 Å². The van der Waals surface area contributed by atoms with Crippen molar-refractivity contribution in [3.05, 3.63) is 45.3 Å². The number of aryl methyl sites for hydroxylation is 1. The first kappa shape index (κ1) is 20.8. The summed E-state index contributed by atoms with van der Waals surface area (Å²) in [5.41, 5.74) is 1.09. The quantitative estimate of drug-likeness (QED) is 0.603. The fraction of sp³-hybridized carbons (Fsp3) is 0.476. The van der Waals surface area contributed by atoms with Crippen LogP contribution in [0.5, 0.6) is 0 Å². The number of nitrogens with one attached hydrogen (secondary N) is 2. The molecular weight excluding hydrogens is 465 g/mol. The number of amides is 1. The number of nitrogens with zero attached hydrogens (tertiary/aromatic N) is 3. The van der Waals surface area contributed by atoms with Gasteiger partial charge in [-0.1, -0.05) is 18.2 Å². The maximum Gasteiger partial charge on any atom is 0.224 e. The van der Waals surface area contributed by atoms with Crippen LogP contribution in [0.4, 0.5) is 11.6 Å². The Hall–Kier alpha value is -1.90. The molecule has 0 radical (unpaired) electrons. The van der Waals surface area contributed by atoms with Gasteiger partial charge in [-0.05, 0) is 66.8 Å². The van der Waals surface area contributed by atoms with Crippen LogP contribution in [0.3, 0.4) is 0 Å². The van der Waals surface area contributed by atoms with Gasteiger partial charge in [0.15, 0.2) is 0 Å². The lowest BCUT2D eigenvalue weighted by atomic mass is 9.91. The van der Waals surface area contributed by atoms with Crippen LogP contribution in [-0.2, 0) is 11.2 Å². The van der Waals surface area contributed by atoms with Gasteiger partial charge in [0.1, 0.15) is 17.5 Å². The number of rotatable bonds is 6. The van der Waals surface area contributed by atoms with Crippen LogP contribution in [0.1, 0.15) is 37.1 Å². The van der Waals surface area contributed by atoms with Gasteiger partial charge in [-0.2, -0.15) is 0 Å². The molecule has 2 N–H and O–H groups in total. The number of hydrogen-bond acceptors (Lipinski definition) is 5. The summed E-state index contributed by atoms with van der Waals surface area (Å²) in [4.78, 5) is 23.3. The first-order chi connectivity index (χ1) is 13.4. The third kappa shape index (κ3) is 5.80. The average molecular weight is 493 g/mol. The third-order valence-electron chi connectivity index (χ3n) is 5.04. The fourth-order valence-electron chi connectivity index (χ4n) is 3.54. The summed E-state index contributed by atoms with van der Waals surface area (Å²) in [5.74, 6) is 2.67. The van der Waals surface area contributed by atoms with Crippen molar-refractivity contribution in [1.82, 2.24) is 15.3 Å². The van der Waals surface area contributed by atoms with Crippen LogP contribution in [0.15, 0.2) is 30.3 Å². The first-order valence-corrected chi connectivity index (χ1v) is 10.8. The second-order valence-corrected chi connectivity index (χ2v) is 8.74. The molecular formula is C21H28IN5O. The summed E-state index contributed by atoms with van der Waals surface area (Å²) in [7, 11) is 3.96. The maximum atomic E-state index is 12.4. The lowest BCUT2D eigenvalue weighted by Gasteiger charge is -2.30. The number of carbonyl (C=O) groups excluding carboxylic acids is 1. The molecule has 1 aliphatic rings. The van der Waals surface area contributed by atoms with Crippen LogP contribution in [0, 0.1) is 10.5 Å². The van der Waals surface area contributed by atoms with E-state index < -0.39 is 0 Å². The summed E-state index contributed by atoms with van der Waals surface area (Å²) in [6.07, 6.45) is 4.47. The van der Waals surface area contributed by atoms with Crippen molar-refractivity contribution in [2.24, 2.45) is 0 Å². The zero-order chi connectivity index (χ0) is 20.1. The van der Waals surface area contributed by atoms with Crippen LogP contribution in [0.2, 0.25) is 0 Å². The lowest BCUT2D eigenvalue weighted by Crippen LogP contribution is -2.40. The zero-order valence-corrected chi connectivity index (χ0v) is 18.9. The van der Waals surface area contributed by atoms with Crippen LogP contribution in [0.25, 0.3) is 0 Å². The number of aromatic nitrogens is 2. The van der Waals surface area contributed by atoms with E-state index in [1.807, 2.05) is 56.3 Å². The molecule has 0 atom stereocenters. The van der Waals surface area contributed by atoms with E-state index in [2.05, 4.69) is 43.2 Å². The zero-order valence-electron chi connectivity index (χ0n) is 16.7. The van der Waals surface area contributed by atoms with E-state index in [4.69, 9.17) is 0 Å². The first-order valence-electron chi connectivity index (χ1n) is 9.73. The summed E-state index contributed by atoms with van der Waals surface area (Å²) in [5, 5.41) is 6.76. The fourth-order valence-corrected chi connectivity index (χ4v) is 4.12. The predicted octanol–water partition coefficient (Wildman–Crippen LogP) is 3.54. The number of halogens is 1. The Morgan fingerprint density at radius 2 is 1.82 bits per heavy atom. The molecule has 1 aromatic heterocycles. The summed E-state index contributed by atoms with van der Waals surface area (Å²) < 4.78 is 1.14. The second kappa shape index (κ2) is 9.54. The smallest absolute Gasteiger partial charge is 0.224 e. The molecule has 0 aliphatic heterocycles. The number of carbonyl (C=O) groups is 1. The summed E-state index contributed by atoms with van der Waals surface area (Å²) in [6, 6.07) is 10.7. The highest BCUT2D eigenvalue weighted by molar-refractivity contribution is 14.1. The van der Waals surface area contributed by atoms with Crippen LogP contribution < -0.4 is 15.5 Å². The topological polar surface area (TPSA) is 70.2 Å². The Kier molecular flexibility index (Phi) is 7.09. The van der Waals surface area contributed by atoms with Gasteiger partial charge in [0.2, 0.25) is 5.91 Å². The average Bonchev–Trinajstić information content (AvgIpc) is 2.65. The Morgan fingerprint density at radius 1 is 1.14 bits per heavy atom. The van der Waals surface area contributed by atoms with E-state index in [9.17, 15) is 4.79 Å². The van der Waals surface area contributed by atoms with E-state index in [1.54, 1.807) is 0 Å². The minimum absolute atomic E-state index is 0.113. The molecule has 2 aromatic rings. The number of hydrogen-bond donors (Lipinski definition) is 2. The van der Waals surface area contributed by atoms with Crippen molar-refractivity contribution in [2.75, 3.05) is 24.3 Å². The molecule has 1 saturated carbocycles. The molecule has 1 aromatic carbocycles. The molecule has 1 fully saturated rings. The van der Waals surface area contributed by atoms with Gasteiger partial charge in [0.05, 0.1) is 6.42 Å². The highest BCUT2D eigenvalue weighted by Gasteiger charge is 2.23. The van der Waals surface area contributed by atoms with Gasteiger partial charge in [-0.15, -0.1) is 0 Å². The van der Waals surface area contributed by atoms with Gasteiger partial charge >= 0.3 is 0 Å². The largest absolute Gasteiger partial charge is 0.367 e. The predicted molar refractivity (Wildman–Crippen MR) is 122 cm³/mol. The second-order valence-electron chi connectivity index (χ2n) is 7.58. The molecule has 0 unspecified atom stereocenters. The molecule has 1 aliphatic carbocycles. The van der Waals surface area contributed by atoms with Gasteiger partial charge in [-0.25, -0.2) is 9.97 Å². The SMILES string of the molecule is Cc1nc(NC2CCC(NC(=O)Cc3ccccc3I)CC2)cc(N(C)C)n1. The molecule has 0 spiro atoms. The highest BCUT2D eigenvalue weighted by atomic mass is 127. The molecule has 6 nitrogen and oxygen atoms in total. The molecule has 0 saturated heterocycles. The highest BCUT2D eigenvalue weighted by Crippen LogP contribution is 2.23. The third-order valence-corrected chi connectivity index (χ3v) is 6.09. The molecule has 7 heteroatoms. The molecule has 1 heterocycles.